The average molecular weight is 139 g/mol. The molecule has 0 aromatic rings. The molecule has 0 atom stereocenters. The molecule has 4 heteroatoms. The minimum atomic E-state index is -1.55. The summed E-state index contributed by atoms with van der Waals surface area (Å²) in [6, 6.07) is 0. The molecule has 0 aromatic carbocycles. The molecule has 0 saturated heterocycles. The van der Waals surface area contributed by atoms with Crippen LogP contribution < -0.4 is 10.2 Å². The van der Waals surface area contributed by atoms with Gasteiger partial charge in [-0.15, -0.1) is 0 Å². The van der Waals surface area contributed by atoms with Gasteiger partial charge in [0.15, 0.2) is 0 Å². The Morgan fingerprint density at radius 3 is 1.83 bits per heavy atom. The van der Waals surface area contributed by atoms with E-state index in [9.17, 15) is 0 Å². The molecule has 0 unspecified atom stereocenters. The molecule has 3 nitrogen and oxygen atoms in total. The minimum Gasteiger partial charge on any atom is -0.850 e. The third kappa shape index (κ3) is 8.96. The topological polar surface area (TPSA) is 63.2 Å². The van der Waals surface area contributed by atoms with Gasteiger partial charge < -0.3 is 15.0 Å². The van der Waals surface area contributed by atoms with Crippen LogP contribution in [0.25, 0.3) is 0 Å². The van der Waals surface area contributed by atoms with E-state index in [1.807, 2.05) is 0 Å². The third-order valence-corrected chi connectivity index (χ3v) is 0.118. The van der Waals surface area contributed by atoms with Crippen molar-refractivity contribution >= 4 is 5.97 Å². The van der Waals surface area contributed by atoms with Gasteiger partial charge in [0.25, 0.3) is 0 Å². The fourth-order valence-electron chi connectivity index (χ4n) is 0. The van der Waals surface area contributed by atoms with E-state index in [1.54, 1.807) is 0 Å². The molecule has 0 bridgehead atoms. The van der Waals surface area contributed by atoms with Gasteiger partial charge in [-0.25, -0.2) is 0 Å². The molecule has 0 aliphatic carbocycles. The van der Waals surface area contributed by atoms with Crippen LogP contribution in [0.1, 0.15) is 0 Å². The predicted molar refractivity (Wildman–Crippen MR) is 9.87 cm³/mol. The van der Waals surface area contributed by atoms with Gasteiger partial charge >= 0.3 is 19.5 Å². The van der Waals surface area contributed by atoms with E-state index in [2.05, 4.69) is 0 Å². The Morgan fingerprint density at radius 2 is 1.83 bits per heavy atom. The van der Waals surface area contributed by atoms with E-state index in [1.165, 1.54) is 0 Å². The molecule has 0 N–H and O–H groups in total. The van der Waals surface area contributed by atoms with Crippen molar-refractivity contribution in [3.8, 4) is 0 Å². The maximum atomic E-state index is 8.97. The van der Waals surface area contributed by atoms with Gasteiger partial charge in [-0.1, -0.05) is 6.61 Å². The van der Waals surface area contributed by atoms with Crippen molar-refractivity contribution in [2.45, 2.75) is 0 Å². The second-order valence-corrected chi connectivity index (χ2v) is 0.516. The number of hydrogen-bond acceptors (Lipinski definition) is 3. The quantitative estimate of drug-likeness (QED) is 0.366. The molecule has 0 aliphatic rings. The van der Waals surface area contributed by atoms with Crippen LogP contribution >= 0.6 is 0 Å². The average Bonchev–Trinajstić information content (AvgIpc) is 1.38. The first-order valence-electron chi connectivity index (χ1n) is 1.05. The van der Waals surface area contributed by atoms with Crippen molar-refractivity contribution in [3.05, 3.63) is 0 Å². The Morgan fingerprint density at radius 1 is 1.67 bits per heavy atom. The molecule has 0 fully saturated rings. The number of rotatable bonds is 1. The van der Waals surface area contributed by atoms with Gasteiger partial charge in [0.1, 0.15) is 0 Å². The second-order valence-electron chi connectivity index (χ2n) is 0.516. The molecule has 6 heavy (non-hydrogen) atoms. The summed E-state index contributed by atoms with van der Waals surface area (Å²) >= 11 is 0. The van der Waals surface area contributed by atoms with Crippen molar-refractivity contribution < 1.29 is 34.5 Å². The van der Waals surface area contributed by atoms with Gasteiger partial charge in [-0.05, 0) is 0 Å². The largest absolute Gasteiger partial charge is 2.00 e. The van der Waals surface area contributed by atoms with E-state index in [-0.39, 0.29) is 19.5 Å². The molecule has 0 saturated carbocycles. The van der Waals surface area contributed by atoms with E-state index in [4.69, 9.17) is 15.0 Å². The summed E-state index contributed by atoms with van der Waals surface area (Å²) in [5.41, 5.74) is 0. The number of carboxylic acids is 1. The van der Waals surface area contributed by atoms with Crippen LogP contribution in [0.4, 0.5) is 0 Å². The Labute approximate surface area is 47.7 Å². The van der Waals surface area contributed by atoms with Crippen LogP contribution in [0.3, 0.4) is 0 Å². The van der Waals surface area contributed by atoms with Crippen molar-refractivity contribution in [2.75, 3.05) is 6.61 Å². The molecule has 0 radical (unpaired) electrons. The summed E-state index contributed by atoms with van der Waals surface area (Å²) in [5.74, 6) is -1.55. The van der Waals surface area contributed by atoms with Crippen LogP contribution in [0, 0.1) is 0 Å². The summed E-state index contributed by atoms with van der Waals surface area (Å²) < 4.78 is 0. The molecule has 0 aromatic heterocycles. The molecule has 0 heterocycles. The second kappa shape index (κ2) is 5.05. The normalized spacial score (nSPS) is 6.17. The van der Waals surface area contributed by atoms with Crippen molar-refractivity contribution in [1.29, 1.82) is 0 Å². The molecule has 0 aliphatic heterocycles. The molecule has 0 amide bonds. The number of aliphatic carboxylic acids is 1. The van der Waals surface area contributed by atoms with Gasteiger partial charge in [-0.2, -0.15) is 0 Å². The van der Waals surface area contributed by atoms with Crippen LogP contribution in [-0.2, 0) is 24.3 Å². The Kier molecular flexibility index (Phi) is 7.92. The van der Waals surface area contributed by atoms with E-state index in [0.29, 0.717) is 0 Å². The van der Waals surface area contributed by atoms with Gasteiger partial charge in [0.2, 0.25) is 0 Å². The SMILES string of the molecule is O=C([O-])C[O-].[Zn+2]. The number of carbonyl (C=O) groups excluding carboxylic acids is 1. The monoisotopic (exact) mass is 138 g/mol. The van der Waals surface area contributed by atoms with Gasteiger partial charge in [0.05, 0.1) is 0 Å². The van der Waals surface area contributed by atoms with E-state index < -0.39 is 12.6 Å². The summed E-state index contributed by atoms with van der Waals surface area (Å²) in [6.07, 6.45) is 0. The molecule has 30 valence electrons. The summed E-state index contributed by atoms with van der Waals surface area (Å²) in [6.45, 7) is -1.14. The van der Waals surface area contributed by atoms with Crippen molar-refractivity contribution in [2.24, 2.45) is 0 Å². The Bertz CT molecular complexity index is 44.1. The van der Waals surface area contributed by atoms with Gasteiger partial charge in [0, 0.05) is 5.97 Å². The van der Waals surface area contributed by atoms with Crippen LogP contribution in [0.15, 0.2) is 0 Å². The molecule has 0 rings (SSSR count). The molecule has 0 spiro atoms. The van der Waals surface area contributed by atoms with Crippen LogP contribution in [0.5, 0.6) is 0 Å². The fraction of sp³-hybridized carbons (Fsp3) is 0.500. The predicted octanol–water partition coefficient (Wildman–Crippen LogP) is -2.91. The fourth-order valence-corrected chi connectivity index (χ4v) is 0. The first-order chi connectivity index (χ1) is 2.27. The Hall–Kier alpha value is 0.0534. The summed E-state index contributed by atoms with van der Waals surface area (Å²) in [4.78, 5) is 8.94. The van der Waals surface area contributed by atoms with E-state index in [0.717, 1.165) is 0 Å². The maximum absolute atomic E-state index is 8.97. The first-order valence-corrected chi connectivity index (χ1v) is 1.05. The van der Waals surface area contributed by atoms with E-state index >= 15 is 0 Å². The molecular formula is C2H2O3Zn. The van der Waals surface area contributed by atoms with Crippen molar-refractivity contribution in [1.82, 2.24) is 0 Å². The molecular weight excluding hydrogens is 137 g/mol. The van der Waals surface area contributed by atoms with Gasteiger partial charge in [-0.3, -0.25) is 0 Å². The van der Waals surface area contributed by atoms with Crippen LogP contribution in [-0.4, -0.2) is 12.6 Å². The number of carboxylic acid groups (broad SMARTS) is 1. The zero-order valence-electron chi connectivity index (χ0n) is 3.14. The maximum Gasteiger partial charge on any atom is 2.00 e. The summed E-state index contributed by atoms with van der Waals surface area (Å²) in [7, 11) is 0. The zero-order valence-corrected chi connectivity index (χ0v) is 6.11. The standard InChI is InChI=1S/C2H3O3.Zn/c3-1-2(4)5;/h1H2,(H,4,5);/q-1;+2/p-1. The summed E-state index contributed by atoms with van der Waals surface area (Å²) in [5, 5.41) is 17.9. The Balaban J connectivity index is 0. The number of hydrogen-bond donors (Lipinski definition) is 0. The van der Waals surface area contributed by atoms with Crippen LogP contribution in [0.2, 0.25) is 0 Å². The zero-order chi connectivity index (χ0) is 4.28. The minimum absolute atomic E-state index is 0. The van der Waals surface area contributed by atoms with Crippen molar-refractivity contribution in [3.63, 3.8) is 0 Å². The third-order valence-electron chi connectivity index (χ3n) is 0.118. The smallest absolute Gasteiger partial charge is 0.850 e. The number of carbonyl (C=O) groups is 1. The first kappa shape index (κ1) is 9.41.